The lowest BCUT2D eigenvalue weighted by atomic mass is 10.2. The highest BCUT2D eigenvalue weighted by Crippen LogP contribution is 2.28. The van der Waals surface area contributed by atoms with Crippen LogP contribution in [-0.2, 0) is 4.74 Å². The molecule has 6 nitrogen and oxygen atoms in total. The summed E-state index contributed by atoms with van der Waals surface area (Å²) in [5, 5.41) is 9.72. The number of aliphatic hydroxyl groups excluding tert-OH is 1. The maximum atomic E-state index is 11.6. The summed E-state index contributed by atoms with van der Waals surface area (Å²) in [7, 11) is 0. The topological polar surface area (TPSA) is 84.3 Å². The van der Waals surface area contributed by atoms with Crippen molar-refractivity contribution in [1.29, 1.82) is 0 Å². The Labute approximate surface area is 124 Å². The second-order valence-electron chi connectivity index (χ2n) is 3.73. The van der Waals surface area contributed by atoms with Crippen molar-refractivity contribution in [3.63, 3.8) is 0 Å². The number of hydrogen-bond acceptors (Lipinski definition) is 4. The number of hydrogen-bond donors (Lipinski definition) is 2. The molecule has 2 heterocycles. The predicted molar refractivity (Wildman–Crippen MR) is 77.5 cm³/mol. The first-order valence-electron chi connectivity index (χ1n) is 4.93. The lowest BCUT2D eigenvalue weighted by Gasteiger charge is -2.14. The van der Waals surface area contributed by atoms with Gasteiger partial charge in [0.2, 0.25) is 0 Å². The minimum Gasteiger partial charge on any atom is -0.390 e. The third-order valence-corrected chi connectivity index (χ3v) is 4.23. The van der Waals surface area contributed by atoms with E-state index in [-0.39, 0.29) is 6.10 Å². The first-order valence-corrected chi connectivity index (χ1v) is 7.54. The standard InChI is InChI=1S/C9H10I2N2O4/c10-2-6-5(14)1-7(17-6)13-3-4(11)8(15)12-9(13)16/h3,5-7,14H,1-2H2,(H,12,15,16)/t5-,6+,7-/m0/s1. The van der Waals surface area contributed by atoms with Gasteiger partial charge in [0.25, 0.3) is 5.56 Å². The van der Waals surface area contributed by atoms with Gasteiger partial charge >= 0.3 is 5.69 Å². The van der Waals surface area contributed by atoms with Gasteiger partial charge in [-0.2, -0.15) is 0 Å². The molecular weight excluding hydrogens is 454 g/mol. The number of H-pyrrole nitrogens is 1. The van der Waals surface area contributed by atoms with Gasteiger partial charge in [0, 0.05) is 17.0 Å². The molecule has 0 spiro atoms. The minimum atomic E-state index is -0.576. The summed E-state index contributed by atoms with van der Waals surface area (Å²) in [5.41, 5.74) is -0.919. The van der Waals surface area contributed by atoms with E-state index in [9.17, 15) is 14.7 Å². The summed E-state index contributed by atoms with van der Waals surface area (Å²) < 4.78 is 7.96. The quantitative estimate of drug-likeness (QED) is 0.485. The number of ether oxygens (including phenoxy) is 1. The molecule has 2 N–H and O–H groups in total. The summed E-state index contributed by atoms with van der Waals surface area (Å²) in [5.74, 6) is 0. The van der Waals surface area contributed by atoms with Crippen LogP contribution in [0.4, 0.5) is 0 Å². The van der Waals surface area contributed by atoms with Gasteiger partial charge in [0.05, 0.1) is 15.8 Å². The van der Waals surface area contributed by atoms with Crippen molar-refractivity contribution in [1.82, 2.24) is 9.55 Å². The molecule has 1 saturated heterocycles. The average molecular weight is 464 g/mol. The molecular formula is C9H10I2N2O4. The highest BCUT2D eigenvalue weighted by molar-refractivity contribution is 14.1. The molecule has 8 heteroatoms. The normalized spacial score (nSPS) is 28.5. The Hall–Kier alpha value is 0.0600. The van der Waals surface area contributed by atoms with Crippen molar-refractivity contribution >= 4 is 45.2 Å². The van der Waals surface area contributed by atoms with Crippen LogP contribution in [0.5, 0.6) is 0 Å². The average Bonchev–Trinajstić information content (AvgIpc) is 2.65. The minimum absolute atomic E-state index is 0.267. The van der Waals surface area contributed by atoms with Crippen molar-refractivity contribution in [2.24, 2.45) is 0 Å². The second-order valence-corrected chi connectivity index (χ2v) is 5.77. The van der Waals surface area contributed by atoms with E-state index in [1.165, 1.54) is 10.8 Å². The van der Waals surface area contributed by atoms with E-state index in [0.29, 0.717) is 14.4 Å². The summed E-state index contributed by atoms with van der Waals surface area (Å²) in [6.07, 6.45) is 0.456. The van der Waals surface area contributed by atoms with Crippen LogP contribution in [-0.4, -0.2) is 31.3 Å². The van der Waals surface area contributed by atoms with Crippen LogP contribution in [0.25, 0.3) is 0 Å². The first-order chi connectivity index (χ1) is 8.02. The van der Waals surface area contributed by atoms with E-state index in [2.05, 4.69) is 27.6 Å². The second kappa shape index (κ2) is 5.36. The van der Waals surface area contributed by atoms with Crippen LogP contribution >= 0.6 is 45.2 Å². The molecule has 2 rings (SSSR count). The molecule has 0 bridgehead atoms. The van der Waals surface area contributed by atoms with Gasteiger partial charge < -0.3 is 9.84 Å². The van der Waals surface area contributed by atoms with Gasteiger partial charge in [0.1, 0.15) is 6.23 Å². The fourth-order valence-electron chi connectivity index (χ4n) is 1.70. The number of aromatic nitrogens is 2. The number of aliphatic hydroxyl groups is 1. The van der Waals surface area contributed by atoms with Gasteiger partial charge in [-0.1, -0.05) is 22.6 Å². The maximum Gasteiger partial charge on any atom is 0.330 e. The van der Waals surface area contributed by atoms with Crippen LogP contribution in [0, 0.1) is 3.57 Å². The summed E-state index contributed by atoms with van der Waals surface area (Å²) in [6.45, 7) is 0. The van der Waals surface area contributed by atoms with Crippen molar-refractivity contribution in [3.05, 3.63) is 30.6 Å². The van der Waals surface area contributed by atoms with Crippen molar-refractivity contribution < 1.29 is 9.84 Å². The van der Waals surface area contributed by atoms with E-state index in [1.54, 1.807) is 0 Å². The molecule has 0 unspecified atom stereocenters. The van der Waals surface area contributed by atoms with Crippen molar-refractivity contribution in [2.75, 3.05) is 4.43 Å². The van der Waals surface area contributed by atoms with Crippen LogP contribution in [0.2, 0.25) is 0 Å². The monoisotopic (exact) mass is 464 g/mol. The zero-order valence-corrected chi connectivity index (χ0v) is 12.9. The van der Waals surface area contributed by atoms with E-state index >= 15 is 0 Å². The Balaban J connectivity index is 2.34. The lowest BCUT2D eigenvalue weighted by molar-refractivity contribution is -0.00620. The number of rotatable bonds is 2. The molecule has 3 atom stereocenters. The summed E-state index contributed by atoms with van der Waals surface area (Å²) in [4.78, 5) is 25.1. The van der Waals surface area contributed by atoms with Gasteiger partial charge in [-0.15, -0.1) is 0 Å². The van der Waals surface area contributed by atoms with E-state index < -0.39 is 23.6 Å². The Kier molecular flexibility index (Phi) is 4.26. The molecule has 1 aromatic heterocycles. The largest absolute Gasteiger partial charge is 0.390 e. The number of aromatic amines is 1. The van der Waals surface area contributed by atoms with Gasteiger partial charge in [-0.05, 0) is 22.6 Å². The van der Waals surface area contributed by atoms with Crippen LogP contribution in [0.1, 0.15) is 12.6 Å². The molecule has 0 aliphatic carbocycles. The molecule has 1 aromatic rings. The summed E-state index contributed by atoms with van der Waals surface area (Å²) >= 11 is 3.97. The maximum absolute atomic E-state index is 11.6. The van der Waals surface area contributed by atoms with Crippen LogP contribution in [0.3, 0.4) is 0 Å². The summed E-state index contributed by atoms with van der Waals surface area (Å²) in [6, 6.07) is 0. The van der Waals surface area contributed by atoms with E-state index in [1.807, 2.05) is 22.6 Å². The zero-order valence-electron chi connectivity index (χ0n) is 8.60. The fourth-order valence-corrected chi connectivity index (χ4v) is 2.93. The number of halogens is 2. The Morgan fingerprint density at radius 2 is 2.29 bits per heavy atom. The molecule has 0 radical (unpaired) electrons. The molecule has 1 fully saturated rings. The molecule has 0 aromatic carbocycles. The van der Waals surface area contributed by atoms with Crippen LogP contribution < -0.4 is 11.2 Å². The van der Waals surface area contributed by atoms with Gasteiger partial charge in [-0.3, -0.25) is 14.3 Å². The van der Waals surface area contributed by atoms with E-state index in [4.69, 9.17) is 4.74 Å². The van der Waals surface area contributed by atoms with Crippen molar-refractivity contribution in [2.45, 2.75) is 24.9 Å². The first kappa shape index (κ1) is 13.5. The third kappa shape index (κ3) is 2.74. The Morgan fingerprint density at radius 3 is 2.88 bits per heavy atom. The van der Waals surface area contributed by atoms with Gasteiger partial charge in [0.15, 0.2) is 0 Å². The number of nitrogens with zero attached hydrogens (tertiary/aromatic N) is 1. The highest BCUT2D eigenvalue weighted by atomic mass is 127. The molecule has 94 valence electrons. The lowest BCUT2D eigenvalue weighted by Crippen LogP contribution is -2.33. The predicted octanol–water partition coefficient (Wildman–Crippen LogP) is 0.225. The van der Waals surface area contributed by atoms with Gasteiger partial charge in [-0.25, -0.2) is 4.79 Å². The molecule has 1 aliphatic heterocycles. The van der Waals surface area contributed by atoms with E-state index in [0.717, 1.165) is 0 Å². The van der Waals surface area contributed by atoms with Crippen LogP contribution in [0.15, 0.2) is 15.8 Å². The number of nitrogens with one attached hydrogen (secondary N) is 1. The molecule has 0 amide bonds. The highest BCUT2D eigenvalue weighted by Gasteiger charge is 2.34. The zero-order chi connectivity index (χ0) is 12.6. The van der Waals surface area contributed by atoms with Crippen molar-refractivity contribution in [3.8, 4) is 0 Å². The number of alkyl halides is 1. The molecule has 17 heavy (non-hydrogen) atoms. The smallest absolute Gasteiger partial charge is 0.330 e. The Morgan fingerprint density at radius 1 is 1.59 bits per heavy atom. The SMILES string of the molecule is O=c1[nH]c(=O)n([C@@H]2C[C@H](O)[C@@H](CI)O2)cc1I. The molecule has 1 aliphatic rings. The Bertz CT molecular complexity index is 526. The fraction of sp³-hybridized carbons (Fsp3) is 0.556. The third-order valence-electron chi connectivity index (χ3n) is 2.59. The molecule has 0 saturated carbocycles.